The summed E-state index contributed by atoms with van der Waals surface area (Å²) in [5, 5.41) is 9.05. The molecule has 0 saturated heterocycles. The molecule has 0 aliphatic rings. The fourth-order valence-corrected chi connectivity index (χ4v) is 2.50. The SMILES string of the molecule is C#CCNC(=O)c1ccccc1NC(=O)CSCc1noc(C)n1. The first-order valence-corrected chi connectivity index (χ1v) is 8.23. The Kier molecular flexibility index (Phi) is 6.40. The van der Waals surface area contributed by atoms with Gasteiger partial charge in [0.1, 0.15) is 0 Å². The van der Waals surface area contributed by atoms with Gasteiger partial charge < -0.3 is 15.2 Å². The van der Waals surface area contributed by atoms with Crippen LogP contribution in [0.3, 0.4) is 0 Å². The molecular formula is C16H16N4O3S. The van der Waals surface area contributed by atoms with Crippen molar-refractivity contribution < 1.29 is 14.1 Å². The molecule has 0 bridgehead atoms. The second-order valence-corrected chi connectivity index (χ2v) is 5.69. The molecule has 0 radical (unpaired) electrons. The topological polar surface area (TPSA) is 97.1 Å². The number of carbonyl (C=O) groups excluding carboxylic acids is 2. The van der Waals surface area contributed by atoms with E-state index < -0.39 is 0 Å². The van der Waals surface area contributed by atoms with Crippen molar-refractivity contribution in [3.63, 3.8) is 0 Å². The third-order valence-electron chi connectivity index (χ3n) is 2.83. The Labute approximate surface area is 143 Å². The number of aromatic nitrogens is 2. The van der Waals surface area contributed by atoms with Gasteiger partial charge in [-0.2, -0.15) is 4.98 Å². The number of para-hydroxylation sites is 1. The van der Waals surface area contributed by atoms with Gasteiger partial charge in [0.15, 0.2) is 5.82 Å². The van der Waals surface area contributed by atoms with Gasteiger partial charge >= 0.3 is 0 Å². The van der Waals surface area contributed by atoms with Crippen LogP contribution in [0, 0.1) is 19.3 Å². The molecule has 2 aromatic rings. The lowest BCUT2D eigenvalue weighted by Crippen LogP contribution is -2.25. The number of benzene rings is 1. The normalized spacial score (nSPS) is 10.0. The van der Waals surface area contributed by atoms with Gasteiger partial charge in [0.25, 0.3) is 5.91 Å². The molecule has 8 heteroatoms. The third kappa shape index (κ3) is 5.14. The first-order valence-electron chi connectivity index (χ1n) is 7.07. The second-order valence-electron chi connectivity index (χ2n) is 4.70. The number of aryl methyl sites for hydroxylation is 1. The average Bonchev–Trinajstić information content (AvgIpc) is 2.98. The molecular weight excluding hydrogens is 328 g/mol. The van der Waals surface area contributed by atoms with Crippen molar-refractivity contribution in [3.05, 3.63) is 41.5 Å². The molecule has 24 heavy (non-hydrogen) atoms. The van der Waals surface area contributed by atoms with Gasteiger partial charge in [-0.3, -0.25) is 9.59 Å². The Morgan fingerprint density at radius 2 is 2.17 bits per heavy atom. The van der Waals surface area contributed by atoms with Crippen molar-refractivity contribution in [2.24, 2.45) is 0 Å². The van der Waals surface area contributed by atoms with E-state index in [-0.39, 0.29) is 24.1 Å². The van der Waals surface area contributed by atoms with E-state index in [0.717, 1.165) is 0 Å². The van der Waals surface area contributed by atoms with Crippen molar-refractivity contribution in [1.29, 1.82) is 0 Å². The predicted molar refractivity (Wildman–Crippen MR) is 91.4 cm³/mol. The Morgan fingerprint density at radius 3 is 2.88 bits per heavy atom. The van der Waals surface area contributed by atoms with Gasteiger partial charge in [-0.15, -0.1) is 18.2 Å². The molecule has 124 valence electrons. The fourth-order valence-electron chi connectivity index (χ4n) is 1.84. The lowest BCUT2D eigenvalue weighted by molar-refractivity contribution is -0.113. The summed E-state index contributed by atoms with van der Waals surface area (Å²) in [5.74, 6) is 3.47. The lowest BCUT2D eigenvalue weighted by atomic mass is 10.1. The van der Waals surface area contributed by atoms with Crippen LogP contribution in [0.25, 0.3) is 0 Å². The number of anilines is 1. The molecule has 0 aliphatic heterocycles. The standard InChI is InChI=1S/C16H16N4O3S/c1-3-8-17-16(22)12-6-4-5-7-13(12)19-15(21)10-24-9-14-18-11(2)23-20-14/h1,4-7H,8-10H2,2H3,(H,17,22)(H,19,21). The van der Waals surface area contributed by atoms with Crippen molar-refractivity contribution in [3.8, 4) is 12.3 Å². The molecule has 2 N–H and O–H groups in total. The van der Waals surface area contributed by atoms with Crippen LogP contribution in [0.4, 0.5) is 5.69 Å². The van der Waals surface area contributed by atoms with E-state index in [4.69, 9.17) is 10.9 Å². The third-order valence-corrected chi connectivity index (χ3v) is 3.76. The van der Waals surface area contributed by atoms with Crippen LogP contribution in [-0.2, 0) is 10.5 Å². The zero-order valence-corrected chi connectivity index (χ0v) is 13.9. The summed E-state index contributed by atoms with van der Waals surface area (Å²) in [7, 11) is 0. The summed E-state index contributed by atoms with van der Waals surface area (Å²) < 4.78 is 4.86. The number of hydrogen-bond acceptors (Lipinski definition) is 6. The highest BCUT2D eigenvalue weighted by molar-refractivity contribution is 7.99. The van der Waals surface area contributed by atoms with Gasteiger partial charge in [-0.05, 0) is 12.1 Å². The molecule has 0 fully saturated rings. The number of hydrogen-bond donors (Lipinski definition) is 2. The first kappa shape index (κ1) is 17.6. The van der Waals surface area contributed by atoms with Crippen molar-refractivity contribution in [2.75, 3.05) is 17.6 Å². The summed E-state index contributed by atoms with van der Waals surface area (Å²) in [6.45, 7) is 1.83. The summed E-state index contributed by atoms with van der Waals surface area (Å²) in [6.07, 6.45) is 5.12. The van der Waals surface area contributed by atoms with Crippen molar-refractivity contribution in [1.82, 2.24) is 15.5 Å². The maximum absolute atomic E-state index is 12.0. The number of thioether (sulfide) groups is 1. The second kappa shape index (κ2) is 8.74. The molecule has 0 spiro atoms. The van der Waals surface area contributed by atoms with Crippen LogP contribution in [0.15, 0.2) is 28.8 Å². The van der Waals surface area contributed by atoms with Gasteiger partial charge in [0, 0.05) is 6.92 Å². The number of rotatable bonds is 7. The molecule has 7 nitrogen and oxygen atoms in total. The predicted octanol–water partition coefficient (Wildman–Crippen LogP) is 1.61. The Bertz CT molecular complexity index is 767. The van der Waals surface area contributed by atoms with E-state index in [1.807, 2.05) is 0 Å². The van der Waals surface area contributed by atoms with Gasteiger partial charge in [0.2, 0.25) is 11.8 Å². The molecule has 0 unspecified atom stereocenters. The molecule has 1 aromatic carbocycles. The average molecular weight is 344 g/mol. The van der Waals surface area contributed by atoms with Crippen LogP contribution in [0.1, 0.15) is 22.1 Å². The van der Waals surface area contributed by atoms with Crippen molar-refractivity contribution in [2.45, 2.75) is 12.7 Å². The van der Waals surface area contributed by atoms with Crippen LogP contribution in [-0.4, -0.2) is 34.3 Å². The molecule has 0 saturated carbocycles. The smallest absolute Gasteiger partial charge is 0.254 e. The fraction of sp³-hybridized carbons (Fsp3) is 0.250. The lowest BCUT2D eigenvalue weighted by Gasteiger charge is -2.10. The Balaban J connectivity index is 1.89. The monoisotopic (exact) mass is 344 g/mol. The quantitative estimate of drug-likeness (QED) is 0.741. The van der Waals surface area contributed by atoms with E-state index in [2.05, 4.69) is 26.7 Å². The van der Waals surface area contributed by atoms with E-state index in [9.17, 15) is 9.59 Å². The number of amides is 2. The minimum Gasteiger partial charge on any atom is -0.341 e. The minimum atomic E-state index is -0.334. The maximum Gasteiger partial charge on any atom is 0.254 e. The van der Waals surface area contributed by atoms with Gasteiger partial charge in [-0.25, -0.2) is 0 Å². The van der Waals surface area contributed by atoms with E-state index in [1.165, 1.54) is 11.8 Å². The van der Waals surface area contributed by atoms with E-state index in [1.54, 1.807) is 31.2 Å². The number of terminal acetylenes is 1. The largest absolute Gasteiger partial charge is 0.341 e. The Morgan fingerprint density at radius 1 is 1.38 bits per heavy atom. The highest BCUT2D eigenvalue weighted by Crippen LogP contribution is 2.16. The molecule has 1 aromatic heterocycles. The van der Waals surface area contributed by atoms with Crippen LogP contribution in [0.5, 0.6) is 0 Å². The number of carbonyl (C=O) groups is 2. The first-order chi connectivity index (χ1) is 11.6. The highest BCUT2D eigenvalue weighted by Gasteiger charge is 2.13. The minimum absolute atomic E-state index is 0.126. The van der Waals surface area contributed by atoms with Crippen molar-refractivity contribution >= 4 is 29.3 Å². The molecule has 2 rings (SSSR count). The number of nitrogens with zero attached hydrogens (tertiary/aromatic N) is 2. The van der Waals surface area contributed by atoms with E-state index >= 15 is 0 Å². The number of nitrogens with one attached hydrogen (secondary N) is 2. The summed E-state index contributed by atoms with van der Waals surface area (Å²) >= 11 is 1.35. The van der Waals surface area contributed by atoms with E-state index in [0.29, 0.717) is 28.7 Å². The molecule has 0 aliphatic carbocycles. The summed E-state index contributed by atoms with van der Waals surface area (Å²) in [6, 6.07) is 6.74. The summed E-state index contributed by atoms with van der Waals surface area (Å²) in [5.41, 5.74) is 0.799. The van der Waals surface area contributed by atoms with Crippen LogP contribution >= 0.6 is 11.8 Å². The molecule has 1 heterocycles. The Hall–Kier alpha value is -2.79. The maximum atomic E-state index is 12.0. The van der Waals surface area contributed by atoms with Crippen LogP contribution < -0.4 is 10.6 Å². The highest BCUT2D eigenvalue weighted by atomic mass is 32.2. The zero-order valence-electron chi connectivity index (χ0n) is 13.0. The van der Waals surface area contributed by atoms with Crippen LogP contribution in [0.2, 0.25) is 0 Å². The van der Waals surface area contributed by atoms with Gasteiger partial charge in [-0.1, -0.05) is 23.2 Å². The molecule has 0 atom stereocenters. The zero-order chi connectivity index (χ0) is 17.4. The summed E-state index contributed by atoms with van der Waals surface area (Å²) in [4.78, 5) is 28.1. The van der Waals surface area contributed by atoms with Gasteiger partial charge in [0.05, 0.1) is 29.3 Å². The molecule has 2 amide bonds.